The van der Waals surface area contributed by atoms with Gasteiger partial charge in [-0.1, -0.05) is 41.7 Å². The van der Waals surface area contributed by atoms with Gasteiger partial charge in [0.25, 0.3) is 0 Å². The molecule has 3 rings (SSSR count). The summed E-state index contributed by atoms with van der Waals surface area (Å²) in [5.41, 5.74) is 0.551. The Labute approximate surface area is 169 Å². The number of hydrogen-bond donors (Lipinski definition) is 2. The number of esters is 1. The fourth-order valence-electron chi connectivity index (χ4n) is 3.02. The van der Waals surface area contributed by atoms with E-state index >= 15 is 0 Å². The molecule has 146 valence electrons. The Morgan fingerprint density at radius 1 is 1.26 bits per heavy atom. The van der Waals surface area contributed by atoms with Gasteiger partial charge >= 0.3 is 5.97 Å². The molecule has 1 aromatic heterocycles. The topological polar surface area (TPSA) is 98.0 Å². The number of halogens is 3. The van der Waals surface area contributed by atoms with Crippen LogP contribution >= 0.6 is 34.8 Å². The minimum atomic E-state index is -1.38. The number of fused-ring (bicyclic) bond motifs is 1. The number of nitrogens with zero attached hydrogens (tertiary/aromatic N) is 1. The summed E-state index contributed by atoms with van der Waals surface area (Å²) in [5, 5.41) is 21.6. The number of carbonyl (C=O) groups is 2. The van der Waals surface area contributed by atoms with Crippen molar-refractivity contribution in [1.29, 1.82) is 0 Å². The fourth-order valence-corrected chi connectivity index (χ4v) is 3.67. The Balaban J connectivity index is 2.02. The van der Waals surface area contributed by atoms with Crippen LogP contribution in [0.1, 0.15) is 29.9 Å². The molecule has 1 unspecified atom stereocenters. The molecule has 4 atom stereocenters. The number of aldehydes is 1. The average molecular weight is 437 g/mol. The van der Waals surface area contributed by atoms with Crippen LogP contribution in [-0.4, -0.2) is 52.0 Å². The summed E-state index contributed by atoms with van der Waals surface area (Å²) in [6.07, 6.45) is -4.05. The van der Waals surface area contributed by atoms with E-state index in [4.69, 9.17) is 44.3 Å². The Morgan fingerprint density at radius 3 is 2.56 bits per heavy atom. The van der Waals surface area contributed by atoms with Crippen molar-refractivity contribution in [3.8, 4) is 0 Å². The van der Waals surface area contributed by atoms with Gasteiger partial charge in [0.1, 0.15) is 30.1 Å². The number of aliphatic hydroxyl groups excluding tert-OH is 2. The molecule has 7 nitrogen and oxygen atoms in total. The van der Waals surface area contributed by atoms with Gasteiger partial charge in [0.05, 0.1) is 21.1 Å². The van der Waals surface area contributed by atoms with Crippen molar-refractivity contribution in [3.05, 3.63) is 32.9 Å². The first-order chi connectivity index (χ1) is 12.8. The van der Waals surface area contributed by atoms with Crippen LogP contribution in [0.4, 0.5) is 0 Å². The van der Waals surface area contributed by atoms with Crippen LogP contribution in [0.3, 0.4) is 0 Å². The SMILES string of the molecule is CCC(=O)OC[C@H]1OC(n2c(Cl)c(C=O)c3cc(Cl)c(Cl)cc32)[C@H](O)[C@@H]1O. The van der Waals surface area contributed by atoms with Crippen molar-refractivity contribution < 1.29 is 29.3 Å². The van der Waals surface area contributed by atoms with Crippen LogP contribution in [0.2, 0.25) is 15.2 Å². The van der Waals surface area contributed by atoms with Gasteiger partial charge in [0.2, 0.25) is 0 Å². The van der Waals surface area contributed by atoms with Crippen LogP contribution in [-0.2, 0) is 14.3 Å². The predicted molar refractivity (Wildman–Crippen MR) is 99.5 cm³/mol. The average Bonchev–Trinajstić information content (AvgIpc) is 3.06. The Bertz CT molecular complexity index is 899. The minimum absolute atomic E-state index is 0.000728. The fraction of sp³-hybridized carbons (Fsp3) is 0.412. The molecule has 2 aromatic rings. The van der Waals surface area contributed by atoms with E-state index in [2.05, 4.69) is 0 Å². The summed E-state index contributed by atoms with van der Waals surface area (Å²) in [5.74, 6) is -0.460. The molecule has 2 N–H and O–H groups in total. The molecule has 27 heavy (non-hydrogen) atoms. The molecule has 0 saturated carbocycles. The monoisotopic (exact) mass is 435 g/mol. The summed E-state index contributed by atoms with van der Waals surface area (Å²) in [7, 11) is 0. The number of aromatic nitrogens is 1. The van der Waals surface area contributed by atoms with Gasteiger partial charge in [-0.3, -0.25) is 9.59 Å². The first kappa shape index (κ1) is 20.4. The Kier molecular flexibility index (Phi) is 6.00. The minimum Gasteiger partial charge on any atom is -0.463 e. The molecule has 1 aliphatic rings. The molecule has 1 aliphatic heterocycles. The maximum absolute atomic E-state index is 11.5. The van der Waals surface area contributed by atoms with E-state index in [9.17, 15) is 19.8 Å². The summed E-state index contributed by atoms with van der Waals surface area (Å²) in [6.45, 7) is 1.40. The number of hydrogen-bond acceptors (Lipinski definition) is 6. The number of carbonyl (C=O) groups excluding carboxylic acids is 2. The maximum atomic E-state index is 11.5. The Morgan fingerprint density at radius 2 is 1.93 bits per heavy atom. The normalized spacial score (nSPS) is 25.1. The molecule has 1 saturated heterocycles. The van der Waals surface area contributed by atoms with Crippen molar-refractivity contribution in [2.75, 3.05) is 6.61 Å². The smallest absolute Gasteiger partial charge is 0.305 e. The van der Waals surface area contributed by atoms with Gasteiger partial charge in [-0.15, -0.1) is 0 Å². The highest BCUT2D eigenvalue weighted by molar-refractivity contribution is 6.43. The Hall–Kier alpha value is -1.35. The zero-order chi connectivity index (χ0) is 19.9. The zero-order valence-corrected chi connectivity index (χ0v) is 16.3. The van der Waals surface area contributed by atoms with Crippen molar-refractivity contribution in [2.24, 2.45) is 0 Å². The third kappa shape index (κ3) is 3.55. The zero-order valence-electron chi connectivity index (χ0n) is 14.1. The van der Waals surface area contributed by atoms with Crippen LogP contribution in [0.25, 0.3) is 10.9 Å². The number of aliphatic hydroxyl groups is 2. The van der Waals surface area contributed by atoms with E-state index in [1.54, 1.807) is 6.92 Å². The summed E-state index contributed by atoms with van der Waals surface area (Å²) < 4.78 is 12.0. The molecule has 0 bridgehead atoms. The lowest BCUT2D eigenvalue weighted by Gasteiger charge is -2.19. The van der Waals surface area contributed by atoms with E-state index < -0.39 is 30.5 Å². The summed E-state index contributed by atoms with van der Waals surface area (Å²) >= 11 is 18.4. The lowest BCUT2D eigenvalue weighted by atomic mass is 10.1. The van der Waals surface area contributed by atoms with E-state index in [1.807, 2.05) is 0 Å². The molecular formula is C17H16Cl3NO6. The lowest BCUT2D eigenvalue weighted by Crippen LogP contribution is -2.34. The van der Waals surface area contributed by atoms with Gasteiger partial charge in [-0.25, -0.2) is 0 Å². The predicted octanol–water partition coefficient (Wildman–Crippen LogP) is 2.99. The van der Waals surface area contributed by atoms with Crippen LogP contribution in [0.15, 0.2) is 12.1 Å². The summed E-state index contributed by atoms with van der Waals surface area (Å²) in [6, 6.07) is 2.98. The third-order valence-electron chi connectivity index (χ3n) is 4.43. The molecule has 2 heterocycles. The second kappa shape index (κ2) is 7.95. The van der Waals surface area contributed by atoms with Gasteiger partial charge in [-0.05, 0) is 12.1 Å². The highest BCUT2D eigenvalue weighted by Crippen LogP contribution is 2.40. The summed E-state index contributed by atoms with van der Waals surface area (Å²) in [4.78, 5) is 22.8. The van der Waals surface area contributed by atoms with E-state index in [1.165, 1.54) is 16.7 Å². The van der Waals surface area contributed by atoms with Crippen molar-refractivity contribution in [2.45, 2.75) is 37.9 Å². The molecule has 0 spiro atoms. The molecule has 1 aromatic carbocycles. The van der Waals surface area contributed by atoms with E-state index in [0.29, 0.717) is 17.2 Å². The number of ether oxygens (including phenoxy) is 2. The maximum Gasteiger partial charge on any atom is 0.305 e. The molecule has 0 radical (unpaired) electrons. The second-order valence-corrected chi connectivity index (χ2v) is 7.23. The first-order valence-corrected chi connectivity index (χ1v) is 9.24. The van der Waals surface area contributed by atoms with Crippen molar-refractivity contribution in [1.82, 2.24) is 4.57 Å². The molecule has 0 amide bonds. The van der Waals surface area contributed by atoms with Gasteiger partial charge < -0.3 is 24.3 Å². The van der Waals surface area contributed by atoms with Gasteiger partial charge in [-0.2, -0.15) is 0 Å². The highest BCUT2D eigenvalue weighted by Gasteiger charge is 2.45. The van der Waals surface area contributed by atoms with Crippen molar-refractivity contribution >= 4 is 58.0 Å². The number of rotatable bonds is 5. The number of benzene rings is 1. The third-order valence-corrected chi connectivity index (χ3v) is 5.54. The largest absolute Gasteiger partial charge is 0.463 e. The van der Waals surface area contributed by atoms with Crippen LogP contribution in [0.5, 0.6) is 0 Å². The standard InChI is InChI=1S/C17H16Cl3NO6/c1-2-13(23)26-6-12-14(24)15(25)17(27-12)21-11-4-10(19)9(18)3-7(11)8(5-22)16(21)20/h3-5,12,14-15,17,24-25H,2,6H2,1H3/t12-,14-,15-,17?/m1/s1. The van der Waals surface area contributed by atoms with Crippen LogP contribution < -0.4 is 0 Å². The van der Waals surface area contributed by atoms with Gasteiger partial charge in [0.15, 0.2) is 12.5 Å². The van der Waals surface area contributed by atoms with Crippen LogP contribution in [0, 0.1) is 0 Å². The molecule has 1 fully saturated rings. The lowest BCUT2D eigenvalue weighted by molar-refractivity contribution is -0.149. The molecular weight excluding hydrogens is 421 g/mol. The second-order valence-electron chi connectivity index (χ2n) is 6.06. The van der Waals surface area contributed by atoms with E-state index in [-0.39, 0.29) is 33.8 Å². The quantitative estimate of drug-likeness (QED) is 0.552. The van der Waals surface area contributed by atoms with Crippen molar-refractivity contribution in [3.63, 3.8) is 0 Å². The molecule has 10 heteroatoms. The highest BCUT2D eigenvalue weighted by atomic mass is 35.5. The first-order valence-electron chi connectivity index (χ1n) is 8.11. The van der Waals surface area contributed by atoms with E-state index in [0.717, 1.165) is 0 Å². The van der Waals surface area contributed by atoms with Gasteiger partial charge in [0, 0.05) is 11.8 Å². The molecule has 0 aliphatic carbocycles.